The first-order valence-electron chi connectivity index (χ1n) is 18.6. The van der Waals surface area contributed by atoms with Crippen LogP contribution in [0, 0.1) is 23.7 Å². The van der Waals surface area contributed by atoms with E-state index in [1.807, 2.05) is 18.2 Å². The van der Waals surface area contributed by atoms with Crippen LogP contribution in [0.1, 0.15) is 93.1 Å². The minimum Gasteiger partial charge on any atom is -0.491 e. The average molecular weight is 736 g/mol. The zero-order chi connectivity index (χ0) is 35.8. The van der Waals surface area contributed by atoms with Gasteiger partial charge in [0.1, 0.15) is 5.75 Å². The zero-order valence-electron chi connectivity index (χ0n) is 29.9. The van der Waals surface area contributed by atoms with E-state index in [1.165, 1.54) is 30.4 Å². The molecule has 3 fully saturated rings. The van der Waals surface area contributed by atoms with Gasteiger partial charge in [-0.15, -0.1) is 0 Å². The Morgan fingerprint density at radius 2 is 1.86 bits per heavy atom. The molecule has 50 heavy (non-hydrogen) atoms. The van der Waals surface area contributed by atoms with Gasteiger partial charge in [-0.05, 0) is 97.7 Å². The number of nitrogens with one attached hydrogen (secondary N) is 1. The third-order valence-electron chi connectivity index (χ3n) is 11.0. The van der Waals surface area contributed by atoms with Crippen molar-refractivity contribution in [1.82, 2.24) is 5.32 Å². The summed E-state index contributed by atoms with van der Waals surface area (Å²) in [6, 6.07) is 11.9. The zero-order valence-corrected chi connectivity index (χ0v) is 31.5. The number of alkyl halides is 2. The number of nitrogens with zero attached hydrogens (tertiary/aromatic N) is 1. The molecule has 0 radical (unpaired) electrons. The molecule has 1 saturated carbocycles. The Morgan fingerprint density at radius 3 is 2.46 bits per heavy atom. The predicted octanol–water partition coefficient (Wildman–Crippen LogP) is 8.13. The van der Waals surface area contributed by atoms with Gasteiger partial charge >= 0.3 is 0 Å². The van der Waals surface area contributed by atoms with Crippen LogP contribution in [0.4, 0.5) is 14.5 Å². The number of halogens is 3. The average Bonchev–Trinajstić information content (AvgIpc) is 3.25. The first-order valence-corrected chi connectivity index (χ1v) is 19.4. The number of hydrogen-bond donors (Lipinski definition) is 3. The number of thiol groups is 1. The number of primary amides is 1. The lowest BCUT2D eigenvalue weighted by Crippen LogP contribution is -2.52. The molecule has 11 heteroatoms. The second kappa shape index (κ2) is 18.1. The van der Waals surface area contributed by atoms with Gasteiger partial charge in [0.15, 0.2) is 6.29 Å². The fraction of sp³-hybridized carbons (Fsp3) is 0.667. The summed E-state index contributed by atoms with van der Waals surface area (Å²) in [5.41, 5.74) is 9.79. The van der Waals surface area contributed by atoms with Crippen LogP contribution >= 0.6 is 24.2 Å². The van der Waals surface area contributed by atoms with Crippen LogP contribution in [0.2, 0.25) is 5.02 Å². The van der Waals surface area contributed by atoms with Gasteiger partial charge in [0.05, 0.1) is 38.6 Å². The number of aryl methyl sites for hydroxylation is 1. The lowest BCUT2D eigenvalue weighted by atomic mass is 9.65. The topological polar surface area (TPSA) is 86.1 Å². The van der Waals surface area contributed by atoms with Gasteiger partial charge in [-0.3, -0.25) is 4.79 Å². The van der Waals surface area contributed by atoms with Crippen molar-refractivity contribution in [1.29, 1.82) is 0 Å². The molecule has 1 amide bonds. The van der Waals surface area contributed by atoms with Gasteiger partial charge < -0.3 is 30.2 Å². The van der Waals surface area contributed by atoms with Gasteiger partial charge in [0, 0.05) is 40.8 Å². The molecule has 3 N–H and O–H groups in total. The summed E-state index contributed by atoms with van der Waals surface area (Å²) in [6.45, 7) is 10.2. The highest BCUT2D eigenvalue weighted by atomic mass is 35.5. The van der Waals surface area contributed by atoms with Crippen molar-refractivity contribution in [2.75, 3.05) is 50.9 Å². The van der Waals surface area contributed by atoms with E-state index >= 15 is 0 Å². The van der Waals surface area contributed by atoms with E-state index in [0.717, 1.165) is 74.9 Å². The lowest BCUT2D eigenvalue weighted by molar-refractivity contribution is -0.224. The molecule has 7 nitrogen and oxygen atoms in total. The Balaban J connectivity index is 0.000000732. The number of carbonyl (C=O) groups excluding carboxylic acids is 1. The Morgan fingerprint density at radius 1 is 1.12 bits per heavy atom. The number of carbonyl (C=O) groups is 1. The fourth-order valence-electron chi connectivity index (χ4n) is 7.67. The maximum atomic E-state index is 12.2. The first kappa shape index (κ1) is 39.1. The van der Waals surface area contributed by atoms with E-state index < -0.39 is 11.8 Å². The highest BCUT2D eigenvalue weighted by molar-refractivity contribution is 7.80. The summed E-state index contributed by atoms with van der Waals surface area (Å²) in [7, 11) is 0. The van der Waals surface area contributed by atoms with E-state index in [4.69, 9.17) is 31.5 Å². The molecule has 3 heterocycles. The molecule has 6 unspecified atom stereocenters. The number of anilines is 1. The van der Waals surface area contributed by atoms with Crippen molar-refractivity contribution in [3.63, 3.8) is 0 Å². The minimum absolute atomic E-state index is 0.125. The molecule has 2 aromatic carbocycles. The number of fused-ring (bicyclic) bond motifs is 1. The van der Waals surface area contributed by atoms with Gasteiger partial charge in [0.2, 0.25) is 5.91 Å². The predicted molar refractivity (Wildman–Crippen MR) is 200 cm³/mol. The van der Waals surface area contributed by atoms with E-state index in [-0.39, 0.29) is 25.3 Å². The van der Waals surface area contributed by atoms with Gasteiger partial charge in [-0.2, -0.15) is 12.6 Å². The van der Waals surface area contributed by atoms with Crippen LogP contribution in [0.3, 0.4) is 0 Å². The monoisotopic (exact) mass is 735 g/mol. The number of rotatable bonds is 13. The molecular weight excluding hydrogens is 680 g/mol. The Labute approximate surface area is 307 Å². The molecule has 0 aromatic heterocycles. The molecule has 1 aliphatic carbocycles. The van der Waals surface area contributed by atoms with Gasteiger partial charge in [-0.1, -0.05) is 51.3 Å². The summed E-state index contributed by atoms with van der Waals surface area (Å²) in [6.07, 6.45) is 8.66. The van der Waals surface area contributed by atoms with Crippen LogP contribution in [0.5, 0.6) is 5.75 Å². The van der Waals surface area contributed by atoms with Gasteiger partial charge in [-0.25, -0.2) is 8.78 Å². The molecule has 278 valence electrons. The molecule has 6 atom stereocenters. The van der Waals surface area contributed by atoms with Crippen molar-refractivity contribution in [2.24, 2.45) is 29.4 Å². The third-order valence-corrected chi connectivity index (χ3v) is 11.7. The lowest BCUT2D eigenvalue weighted by Gasteiger charge is -2.47. The number of ether oxygens (including phenoxy) is 3. The minimum atomic E-state index is -2.39. The van der Waals surface area contributed by atoms with Crippen molar-refractivity contribution < 1.29 is 27.8 Å². The summed E-state index contributed by atoms with van der Waals surface area (Å²) >= 11 is 11.1. The summed E-state index contributed by atoms with van der Waals surface area (Å²) < 4.78 is 41.9. The molecule has 0 spiro atoms. The summed E-state index contributed by atoms with van der Waals surface area (Å²) in [5, 5.41) is 3.62. The highest BCUT2D eigenvalue weighted by Gasteiger charge is 2.43. The largest absolute Gasteiger partial charge is 0.491 e. The van der Waals surface area contributed by atoms with E-state index in [2.05, 4.69) is 55.7 Å². The number of nitrogens with two attached hydrogens (primary N) is 1. The standard InChI is InChI=1S/C36H51ClN2O4S.C3H5F2N/c1-4-7-25-18-29(37)12-14-30(25)28-21-39(33-19-26(35(38)40)11-15-34(33)43-22-28)20-27-10-13-31(27)32(36-41-16-6-17-42-36)9-5-8-23(2)24(3)44;4-3(5)1-6-2-3/h11-12,14-15,18-19,23-24,27-28,31-32,36,44H,4-10,13,16-17,20-22H2,1-3H3,(H2,38,40);6H,1-2H2. The van der Waals surface area contributed by atoms with Crippen molar-refractivity contribution >= 4 is 35.8 Å². The molecular formula is C39H56ClF2N3O4S. The van der Waals surface area contributed by atoms with Crippen molar-refractivity contribution in [2.45, 2.75) is 95.5 Å². The van der Waals surface area contributed by atoms with Crippen LogP contribution in [0.15, 0.2) is 36.4 Å². The van der Waals surface area contributed by atoms with E-state index in [0.29, 0.717) is 41.1 Å². The summed E-state index contributed by atoms with van der Waals surface area (Å²) in [5.74, 6) is 0.151. The number of benzene rings is 2. The molecule has 2 aromatic rings. The third kappa shape index (κ3) is 10.3. The molecule has 6 rings (SSSR count). The van der Waals surface area contributed by atoms with Gasteiger partial charge in [0.25, 0.3) is 5.92 Å². The smallest absolute Gasteiger partial charge is 0.272 e. The summed E-state index contributed by atoms with van der Waals surface area (Å²) in [4.78, 5) is 14.7. The number of hydrogen-bond acceptors (Lipinski definition) is 7. The Bertz CT molecular complexity index is 1410. The first-order chi connectivity index (χ1) is 24.0. The Kier molecular flexibility index (Phi) is 14.1. The highest BCUT2D eigenvalue weighted by Crippen LogP contribution is 2.47. The molecule has 4 aliphatic rings. The second-order valence-corrected chi connectivity index (χ2v) is 16.0. The quantitative estimate of drug-likeness (QED) is 0.180. The van der Waals surface area contributed by atoms with Crippen molar-refractivity contribution in [3.8, 4) is 5.75 Å². The molecule has 0 bridgehead atoms. The second-order valence-electron chi connectivity index (χ2n) is 14.8. The fourth-order valence-corrected chi connectivity index (χ4v) is 8.01. The van der Waals surface area contributed by atoms with Crippen molar-refractivity contribution in [3.05, 3.63) is 58.1 Å². The van der Waals surface area contributed by atoms with Crippen LogP contribution in [-0.4, -0.2) is 69.4 Å². The van der Waals surface area contributed by atoms with E-state index in [1.54, 1.807) is 6.07 Å². The maximum absolute atomic E-state index is 12.2. The van der Waals surface area contributed by atoms with E-state index in [9.17, 15) is 13.6 Å². The maximum Gasteiger partial charge on any atom is 0.272 e. The van der Waals surface area contributed by atoms with Crippen LogP contribution in [0.25, 0.3) is 0 Å². The number of amides is 1. The Hall–Kier alpha value is -2.11. The van der Waals surface area contributed by atoms with Crippen LogP contribution in [-0.2, 0) is 15.9 Å². The normalized spacial score (nSPS) is 24.9. The van der Waals surface area contributed by atoms with Crippen LogP contribution < -0.4 is 20.7 Å². The molecule has 3 aliphatic heterocycles. The molecule has 2 saturated heterocycles. The SMILES string of the molecule is CCCc1cc(Cl)ccc1C1COc2ccc(C(N)=O)cc2N(CC2CCC2C(CCCC(C)C(C)S)C2OCCCO2)C1.FC1(F)CNC1.